The van der Waals surface area contributed by atoms with Gasteiger partial charge in [-0.25, -0.2) is 0 Å². The minimum Gasteiger partial charge on any atom is -0.461 e. The van der Waals surface area contributed by atoms with Crippen molar-refractivity contribution in [3.63, 3.8) is 0 Å². The van der Waals surface area contributed by atoms with Crippen LogP contribution < -0.4 is 0 Å². The summed E-state index contributed by atoms with van der Waals surface area (Å²) in [5.74, 6) is 2.19. The van der Waals surface area contributed by atoms with Crippen LogP contribution >= 0.6 is 0 Å². The molecule has 1 aromatic heterocycles. The first-order chi connectivity index (χ1) is 7.31. The molecule has 0 unspecified atom stereocenters. The van der Waals surface area contributed by atoms with E-state index in [2.05, 4.69) is 39.0 Å². The van der Waals surface area contributed by atoms with Crippen LogP contribution in [-0.4, -0.2) is 0 Å². The lowest BCUT2D eigenvalue weighted by atomic mass is 10.1. The van der Waals surface area contributed by atoms with Crippen molar-refractivity contribution in [2.24, 2.45) is 0 Å². The van der Waals surface area contributed by atoms with Crippen molar-refractivity contribution in [2.75, 3.05) is 0 Å². The molecule has 1 heterocycles. The zero-order valence-electron chi connectivity index (χ0n) is 10.2. The van der Waals surface area contributed by atoms with Gasteiger partial charge in [0, 0.05) is 6.42 Å². The quantitative estimate of drug-likeness (QED) is 0.688. The summed E-state index contributed by atoms with van der Waals surface area (Å²) >= 11 is 0. The number of unbranched alkanes of at least 4 members (excludes halogenated alkanes) is 1. The second kappa shape index (κ2) is 6.49. The first-order valence-electron chi connectivity index (χ1n) is 6.09. The van der Waals surface area contributed by atoms with Gasteiger partial charge in [-0.1, -0.05) is 39.7 Å². The molecule has 1 aromatic rings. The Balaban J connectivity index is 0.000000245. The lowest BCUT2D eigenvalue weighted by molar-refractivity contribution is 0.504. The van der Waals surface area contributed by atoms with Crippen LogP contribution in [-0.2, 0) is 12.8 Å². The summed E-state index contributed by atoms with van der Waals surface area (Å²) in [6.45, 7) is 6.48. The number of hydrogen-bond donors (Lipinski definition) is 0. The molecular weight excluding hydrogens is 184 g/mol. The Labute approximate surface area is 93.2 Å². The van der Waals surface area contributed by atoms with Crippen LogP contribution in [0.5, 0.6) is 0 Å². The third-order valence-corrected chi connectivity index (χ3v) is 2.59. The lowest BCUT2D eigenvalue weighted by Gasteiger charge is -1.99. The Morgan fingerprint density at radius 2 is 1.93 bits per heavy atom. The molecule has 15 heavy (non-hydrogen) atoms. The van der Waals surface area contributed by atoms with Crippen molar-refractivity contribution in [3.05, 3.63) is 29.2 Å². The molecular formula is C14H22O. The molecule has 0 amide bonds. The topological polar surface area (TPSA) is 13.1 Å². The highest BCUT2D eigenvalue weighted by Gasteiger charge is 2.09. The Hall–Kier alpha value is -0.980. The average Bonchev–Trinajstić information content (AvgIpc) is 2.72. The van der Waals surface area contributed by atoms with Crippen LogP contribution in [0.2, 0.25) is 0 Å². The summed E-state index contributed by atoms with van der Waals surface area (Å²) in [5.41, 5.74) is 1.38. The normalized spacial score (nSPS) is 13.0. The van der Waals surface area contributed by atoms with Crippen molar-refractivity contribution in [2.45, 2.75) is 52.9 Å². The molecule has 0 atom stereocenters. The molecule has 1 aliphatic rings. The van der Waals surface area contributed by atoms with E-state index in [1.54, 1.807) is 0 Å². The number of rotatable bonds is 2. The van der Waals surface area contributed by atoms with Crippen molar-refractivity contribution in [1.82, 2.24) is 0 Å². The maximum absolute atomic E-state index is 5.57. The first kappa shape index (κ1) is 12.1. The van der Waals surface area contributed by atoms with Crippen molar-refractivity contribution in [3.8, 4) is 0 Å². The summed E-state index contributed by atoms with van der Waals surface area (Å²) in [5, 5.41) is 0. The van der Waals surface area contributed by atoms with Crippen molar-refractivity contribution >= 4 is 6.08 Å². The third-order valence-electron chi connectivity index (χ3n) is 2.59. The Morgan fingerprint density at radius 3 is 2.47 bits per heavy atom. The number of furan rings is 1. The molecule has 0 saturated heterocycles. The zero-order chi connectivity index (χ0) is 11.1. The summed E-state index contributed by atoms with van der Waals surface area (Å²) in [6, 6.07) is 2.18. The summed E-state index contributed by atoms with van der Waals surface area (Å²) in [7, 11) is 0. The molecule has 0 N–H and O–H groups in total. The van der Waals surface area contributed by atoms with E-state index in [0.29, 0.717) is 0 Å². The molecule has 1 nitrogen and oxygen atoms in total. The molecule has 2 rings (SSSR count). The number of aryl methyl sites for hydroxylation is 2. The molecule has 84 valence electrons. The second-order valence-corrected chi connectivity index (χ2v) is 3.90. The Kier molecular flexibility index (Phi) is 5.23. The molecule has 0 bridgehead atoms. The first-order valence-corrected chi connectivity index (χ1v) is 6.09. The second-order valence-electron chi connectivity index (χ2n) is 3.90. The monoisotopic (exact) mass is 206 g/mol. The van der Waals surface area contributed by atoms with E-state index in [1.165, 1.54) is 18.4 Å². The van der Waals surface area contributed by atoms with Gasteiger partial charge in [0.1, 0.15) is 11.5 Å². The maximum atomic E-state index is 5.57. The van der Waals surface area contributed by atoms with Gasteiger partial charge >= 0.3 is 0 Å². The van der Waals surface area contributed by atoms with Crippen LogP contribution in [0, 0.1) is 0 Å². The lowest BCUT2D eigenvalue weighted by Crippen LogP contribution is -1.87. The fourth-order valence-electron chi connectivity index (χ4n) is 1.44. The van der Waals surface area contributed by atoms with Crippen LogP contribution in [0.25, 0.3) is 6.08 Å². The fraction of sp³-hybridized carbons (Fsp3) is 0.571. The fourth-order valence-corrected chi connectivity index (χ4v) is 1.44. The van der Waals surface area contributed by atoms with Gasteiger partial charge < -0.3 is 4.42 Å². The zero-order valence-corrected chi connectivity index (χ0v) is 10.2. The minimum atomic E-state index is 1.00. The van der Waals surface area contributed by atoms with Gasteiger partial charge in [0.2, 0.25) is 0 Å². The van der Waals surface area contributed by atoms with Gasteiger partial charge in [0.25, 0.3) is 0 Å². The van der Waals surface area contributed by atoms with Crippen molar-refractivity contribution < 1.29 is 4.42 Å². The molecule has 0 aliphatic heterocycles. The number of hydrogen-bond acceptors (Lipinski definition) is 1. The number of allylic oxidation sites excluding steroid dienone is 1. The van der Waals surface area contributed by atoms with Crippen LogP contribution in [0.15, 0.2) is 16.6 Å². The predicted octanol–water partition coefficient (Wildman–Crippen LogP) is 4.61. The van der Waals surface area contributed by atoms with Crippen LogP contribution in [0.4, 0.5) is 0 Å². The van der Waals surface area contributed by atoms with E-state index in [1.807, 2.05) is 0 Å². The molecule has 1 aliphatic carbocycles. The molecule has 1 heteroatoms. The van der Waals surface area contributed by atoms with Gasteiger partial charge in [-0.3, -0.25) is 0 Å². The SMILES string of the molecule is CCCC.CCc1cc2c(o1)C=CCC2. The third kappa shape index (κ3) is 3.58. The van der Waals surface area contributed by atoms with Crippen LogP contribution in [0.1, 0.15) is 57.1 Å². The predicted molar refractivity (Wildman–Crippen MR) is 66.0 cm³/mol. The van der Waals surface area contributed by atoms with Gasteiger partial charge in [-0.05, 0) is 30.5 Å². The highest BCUT2D eigenvalue weighted by molar-refractivity contribution is 5.51. The Morgan fingerprint density at radius 1 is 1.20 bits per heavy atom. The van der Waals surface area contributed by atoms with Gasteiger partial charge in [0.15, 0.2) is 0 Å². The van der Waals surface area contributed by atoms with Crippen molar-refractivity contribution in [1.29, 1.82) is 0 Å². The smallest absolute Gasteiger partial charge is 0.129 e. The van der Waals surface area contributed by atoms with Crippen LogP contribution in [0.3, 0.4) is 0 Å². The van der Waals surface area contributed by atoms with Gasteiger partial charge in [-0.15, -0.1) is 0 Å². The molecule has 0 saturated carbocycles. The summed E-state index contributed by atoms with van der Waals surface area (Å²) in [6.07, 6.45) is 10.2. The Bertz CT molecular complexity index is 305. The molecule has 0 radical (unpaired) electrons. The average molecular weight is 206 g/mol. The van der Waals surface area contributed by atoms with E-state index in [9.17, 15) is 0 Å². The number of fused-ring (bicyclic) bond motifs is 1. The highest BCUT2D eigenvalue weighted by Crippen LogP contribution is 2.22. The minimum absolute atomic E-state index is 1.00. The van der Waals surface area contributed by atoms with Gasteiger partial charge in [0.05, 0.1) is 0 Å². The molecule has 0 aromatic carbocycles. The molecule has 0 spiro atoms. The largest absolute Gasteiger partial charge is 0.461 e. The highest BCUT2D eigenvalue weighted by atomic mass is 16.3. The van der Waals surface area contributed by atoms with E-state index in [0.717, 1.165) is 30.8 Å². The standard InChI is InChI=1S/C10H12O.C4H10/c1-2-9-7-8-5-3-4-6-10(8)11-9;1-3-4-2/h4,6-7H,2-3,5H2,1H3;3-4H2,1-2H3. The molecule has 0 fully saturated rings. The summed E-state index contributed by atoms with van der Waals surface area (Å²) in [4.78, 5) is 0. The van der Waals surface area contributed by atoms with E-state index >= 15 is 0 Å². The van der Waals surface area contributed by atoms with E-state index in [-0.39, 0.29) is 0 Å². The maximum Gasteiger partial charge on any atom is 0.129 e. The van der Waals surface area contributed by atoms with E-state index < -0.39 is 0 Å². The van der Waals surface area contributed by atoms with E-state index in [4.69, 9.17) is 4.42 Å². The summed E-state index contributed by atoms with van der Waals surface area (Å²) < 4.78 is 5.57. The van der Waals surface area contributed by atoms with Gasteiger partial charge in [-0.2, -0.15) is 0 Å².